The molecule has 0 fully saturated rings. The maximum atomic E-state index is 12.5. The molecule has 1 heterocycles. The van der Waals surface area contributed by atoms with E-state index in [0.717, 1.165) is 4.68 Å². The highest BCUT2D eigenvalue weighted by molar-refractivity contribution is 7.71. The van der Waals surface area contributed by atoms with E-state index in [2.05, 4.69) is 15.3 Å². The monoisotopic (exact) mass is 356 g/mol. The van der Waals surface area contributed by atoms with Gasteiger partial charge in [0.25, 0.3) is 5.56 Å². The number of aromatic amines is 1. The van der Waals surface area contributed by atoms with Crippen molar-refractivity contribution >= 4 is 41.6 Å². The van der Waals surface area contributed by atoms with Gasteiger partial charge in [0, 0.05) is 11.0 Å². The lowest BCUT2D eigenvalue weighted by molar-refractivity contribution is 0.529. The Balaban J connectivity index is 2.55. The molecule has 0 amide bonds. The molecule has 0 atom stereocenters. The highest BCUT2D eigenvalue weighted by atomic mass is 35.5. The van der Waals surface area contributed by atoms with Crippen LogP contribution < -0.4 is 5.56 Å². The molecule has 0 spiro atoms. The fourth-order valence-corrected chi connectivity index (χ4v) is 2.26. The van der Waals surface area contributed by atoms with E-state index in [0.29, 0.717) is 21.3 Å². The van der Waals surface area contributed by atoms with Crippen LogP contribution in [0.15, 0.2) is 28.1 Å². The predicted molar refractivity (Wildman–Crippen MR) is 91.8 cm³/mol. The van der Waals surface area contributed by atoms with Crippen molar-refractivity contribution in [2.24, 2.45) is 5.10 Å². The van der Waals surface area contributed by atoms with Gasteiger partial charge in [-0.15, -0.1) is 0 Å². The number of nitrogens with zero attached hydrogens (tertiary/aromatic N) is 3. The van der Waals surface area contributed by atoms with E-state index in [1.807, 2.05) is 20.8 Å². The molecule has 5 nitrogen and oxygen atoms in total. The average Bonchev–Trinajstić information content (AvgIpc) is 2.41. The summed E-state index contributed by atoms with van der Waals surface area (Å²) >= 11 is 17.1. The summed E-state index contributed by atoms with van der Waals surface area (Å²) in [6.07, 6.45) is 1.44. The van der Waals surface area contributed by atoms with Crippen LogP contribution in [0, 0.1) is 4.77 Å². The van der Waals surface area contributed by atoms with Crippen molar-refractivity contribution in [1.29, 1.82) is 0 Å². The molecule has 22 heavy (non-hydrogen) atoms. The third-order valence-corrected chi connectivity index (χ3v) is 3.95. The van der Waals surface area contributed by atoms with Crippen molar-refractivity contribution in [2.75, 3.05) is 0 Å². The molecule has 0 aliphatic rings. The minimum atomic E-state index is -0.429. The van der Waals surface area contributed by atoms with E-state index in [9.17, 15) is 4.79 Å². The second kappa shape index (κ2) is 6.32. The normalized spacial score (nSPS) is 12.0. The first-order valence-corrected chi connectivity index (χ1v) is 7.59. The molecule has 0 radical (unpaired) electrons. The maximum Gasteiger partial charge on any atom is 0.297 e. The first kappa shape index (κ1) is 16.9. The van der Waals surface area contributed by atoms with E-state index in [4.69, 9.17) is 35.4 Å². The van der Waals surface area contributed by atoms with Crippen molar-refractivity contribution in [3.63, 3.8) is 0 Å². The number of rotatable bonds is 2. The number of aromatic nitrogens is 3. The summed E-state index contributed by atoms with van der Waals surface area (Å²) in [7, 11) is 0. The molecule has 0 unspecified atom stereocenters. The standard InChI is InChI=1S/C14H14Cl2N4OS/c1-14(2,3)11-12(21)20(13(22)19-18-11)17-7-8-5-4-6-9(15)10(8)16/h4-7H,1-3H3,(H,19,22)/b17-7-. The zero-order valence-corrected chi connectivity index (χ0v) is 14.6. The third-order valence-electron chi connectivity index (χ3n) is 2.85. The van der Waals surface area contributed by atoms with Gasteiger partial charge in [-0.05, 0) is 18.3 Å². The number of nitrogens with one attached hydrogen (secondary N) is 1. The smallest absolute Gasteiger partial charge is 0.265 e. The predicted octanol–water partition coefficient (Wildman–Crippen LogP) is 3.79. The van der Waals surface area contributed by atoms with Crippen molar-refractivity contribution in [2.45, 2.75) is 26.2 Å². The molecule has 1 aromatic carbocycles. The fourth-order valence-electron chi connectivity index (χ4n) is 1.72. The third kappa shape index (κ3) is 3.45. The van der Waals surface area contributed by atoms with Gasteiger partial charge in [-0.25, -0.2) is 0 Å². The van der Waals surface area contributed by atoms with Gasteiger partial charge < -0.3 is 0 Å². The Morgan fingerprint density at radius 1 is 1.36 bits per heavy atom. The lowest BCUT2D eigenvalue weighted by Crippen LogP contribution is -2.32. The first-order valence-electron chi connectivity index (χ1n) is 6.42. The second-order valence-corrected chi connectivity index (χ2v) is 6.80. The van der Waals surface area contributed by atoms with Crippen molar-refractivity contribution in [3.05, 3.63) is 54.6 Å². The van der Waals surface area contributed by atoms with Crippen LogP contribution in [0.1, 0.15) is 32.0 Å². The van der Waals surface area contributed by atoms with Gasteiger partial charge >= 0.3 is 0 Å². The molecule has 1 N–H and O–H groups in total. The summed E-state index contributed by atoms with van der Waals surface area (Å²) in [6.45, 7) is 5.65. The fraction of sp³-hybridized carbons (Fsp3) is 0.286. The highest BCUT2D eigenvalue weighted by Crippen LogP contribution is 2.24. The summed E-state index contributed by atoms with van der Waals surface area (Å²) in [5, 5.41) is 11.5. The molecule has 0 saturated heterocycles. The van der Waals surface area contributed by atoms with Crippen molar-refractivity contribution in [1.82, 2.24) is 14.9 Å². The SMILES string of the molecule is CC(C)(C)c1n[nH]c(=S)n(/N=C\c2cccc(Cl)c2Cl)c1=O. The lowest BCUT2D eigenvalue weighted by Gasteiger charge is -2.16. The summed E-state index contributed by atoms with van der Waals surface area (Å²) in [6, 6.07) is 5.15. The Bertz CT molecular complexity index is 849. The molecule has 0 aliphatic carbocycles. The van der Waals surface area contributed by atoms with Crippen molar-refractivity contribution in [3.8, 4) is 0 Å². The lowest BCUT2D eigenvalue weighted by atomic mass is 9.93. The molecule has 8 heteroatoms. The summed E-state index contributed by atoms with van der Waals surface area (Å²) in [5.74, 6) is 0. The van der Waals surface area contributed by atoms with Crippen LogP contribution in [0.4, 0.5) is 0 Å². The van der Waals surface area contributed by atoms with E-state index in [-0.39, 0.29) is 10.3 Å². The zero-order valence-electron chi connectivity index (χ0n) is 12.2. The summed E-state index contributed by atoms with van der Waals surface area (Å²) < 4.78 is 1.19. The molecule has 2 aromatic rings. The second-order valence-electron chi connectivity index (χ2n) is 5.63. The Labute approximate surface area is 142 Å². The van der Waals surface area contributed by atoms with Crippen LogP contribution >= 0.6 is 35.4 Å². The van der Waals surface area contributed by atoms with E-state index >= 15 is 0 Å². The molecule has 0 bridgehead atoms. The molecule has 2 rings (SSSR count). The van der Waals surface area contributed by atoms with E-state index in [1.54, 1.807) is 18.2 Å². The largest absolute Gasteiger partial charge is 0.297 e. The number of H-pyrrole nitrogens is 1. The van der Waals surface area contributed by atoms with Gasteiger partial charge in [-0.3, -0.25) is 9.89 Å². The van der Waals surface area contributed by atoms with E-state index in [1.165, 1.54) is 6.21 Å². The number of hydrogen-bond donors (Lipinski definition) is 1. The average molecular weight is 357 g/mol. The Hall–Kier alpha value is -1.50. The molecule has 1 aromatic heterocycles. The Morgan fingerprint density at radius 3 is 2.68 bits per heavy atom. The van der Waals surface area contributed by atoms with Gasteiger partial charge in [0.05, 0.1) is 16.3 Å². The number of halogens is 2. The Kier molecular flexibility index (Phi) is 4.84. The van der Waals surface area contributed by atoms with Gasteiger partial charge in [-0.1, -0.05) is 56.1 Å². The van der Waals surface area contributed by atoms with Gasteiger partial charge in [-0.2, -0.15) is 14.9 Å². The number of hydrogen-bond acceptors (Lipinski definition) is 4. The van der Waals surface area contributed by atoms with Crippen LogP contribution in [0.5, 0.6) is 0 Å². The molecular formula is C14H14Cl2N4OS. The van der Waals surface area contributed by atoms with E-state index < -0.39 is 5.41 Å². The maximum absolute atomic E-state index is 12.5. The topological polar surface area (TPSA) is 63.0 Å². The van der Waals surface area contributed by atoms with Crippen LogP contribution in [-0.2, 0) is 5.41 Å². The molecular weight excluding hydrogens is 343 g/mol. The zero-order chi connectivity index (χ0) is 16.5. The highest BCUT2D eigenvalue weighted by Gasteiger charge is 2.21. The molecule has 116 valence electrons. The van der Waals surface area contributed by atoms with Crippen LogP contribution in [0.2, 0.25) is 10.0 Å². The van der Waals surface area contributed by atoms with Gasteiger partial charge in [0.1, 0.15) is 5.69 Å². The summed E-state index contributed by atoms with van der Waals surface area (Å²) in [4.78, 5) is 12.5. The van der Waals surface area contributed by atoms with Gasteiger partial charge in [0.15, 0.2) is 0 Å². The van der Waals surface area contributed by atoms with Crippen LogP contribution in [0.3, 0.4) is 0 Å². The number of benzene rings is 1. The summed E-state index contributed by atoms with van der Waals surface area (Å²) in [5.41, 5.74) is 0.132. The molecule has 0 aliphatic heterocycles. The van der Waals surface area contributed by atoms with Crippen LogP contribution in [0.25, 0.3) is 0 Å². The molecule has 0 saturated carbocycles. The first-order chi connectivity index (χ1) is 10.2. The quantitative estimate of drug-likeness (QED) is 0.657. The van der Waals surface area contributed by atoms with Crippen molar-refractivity contribution < 1.29 is 0 Å². The minimum absolute atomic E-state index is 0.104. The minimum Gasteiger partial charge on any atom is -0.265 e. The Morgan fingerprint density at radius 2 is 2.05 bits per heavy atom. The van der Waals surface area contributed by atoms with Crippen LogP contribution in [-0.4, -0.2) is 21.1 Å². The van der Waals surface area contributed by atoms with Gasteiger partial charge in [0.2, 0.25) is 4.77 Å².